The predicted molar refractivity (Wildman–Crippen MR) is 122 cm³/mol. The second-order valence-corrected chi connectivity index (χ2v) is 10.1. The molecule has 0 aromatic heterocycles. The highest BCUT2D eigenvalue weighted by atomic mass is 35.5. The van der Waals surface area contributed by atoms with E-state index in [0.717, 1.165) is 11.1 Å². The van der Waals surface area contributed by atoms with Gasteiger partial charge in [0, 0.05) is 0 Å². The first-order valence-corrected chi connectivity index (χ1v) is 11.8. The lowest BCUT2D eigenvalue weighted by Crippen LogP contribution is -2.62. The quantitative estimate of drug-likeness (QED) is 0.346. The topological polar surface area (TPSA) is 72.9 Å². The number of carbonyl (C=O) groups excluding carboxylic acids is 3. The highest BCUT2D eigenvalue weighted by Gasteiger charge is 2.64. The molecule has 2 saturated heterocycles. The lowest BCUT2D eigenvalue weighted by Gasteiger charge is -2.42. The molecule has 0 aliphatic carbocycles. The molecule has 4 atom stereocenters. The van der Waals surface area contributed by atoms with Crippen LogP contribution in [0.1, 0.15) is 31.1 Å². The van der Waals surface area contributed by atoms with Crippen LogP contribution >= 0.6 is 23.4 Å². The van der Waals surface area contributed by atoms with E-state index in [2.05, 4.69) is 0 Å². The SMILES string of the molecule is C[C@@H]1C(=O)N2[C@@H]1S[C@@](C)(COC(=O)CCl)[C@@H]2C(=O)OC(c1ccccc1)c1ccccc1. The van der Waals surface area contributed by atoms with E-state index in [1.807, 2.05) is 74.5 Å². The van der Waals surface area contributed by atoms with Crippen molar-refractivity contribution >= 4 is 41.2 Å². The molecule has 0 saturated carbocycles. The smallest absolute Gasteiger partial charge is 0.331 e. The summed E-state index contributed by atoms with van der Waals surface area (Å²) in [6.07, 6.45) is -0.627. The summed E-state index contributed by atoms with van der Waals surface area (Å²) < 4.78 is 10.5. The fourth-order valence-corrected chi connectivity index (χ4v) is 5.97. The summed E-state index contributed by atoms with van der Waals surface area (Å²) in [5.41, 5.74) is 1.65. The van der Waals surface area contributed by atoms with Crippen molar-refractivity contribution in [3.8, 4) is 0 Å². The van der Waals surface area contributed by atoms with Gasteiger partial charge in [0.25, 0.3) is 0 Å². The number of thioether (sulfide) groups is 1. The van der Waals surface area contributed by atoms with E-state index in [1.54, 1.807) is 4.90 Å². The molecule has 2 aliphatic rings. The van der Waals surface area contributed by atoms with Crippen molar-refractivity contribution < 1.29 is 23.9 Å². The maximum Gasteiger partial charge on any atom is 0.331 e. The molecule has 168 valence electrons. The Balaban J connectivity index is 1.63. The standard InChI is InChI=1S/C24H24ClNO5S/c1-15-21(28)26-20(24(2,32-22(15)26)14-30-18(27)13-25)23(29)31-19(16-9-5-3-6-10-16)17-11-7-4-8-12-17/h3-12,15,19-20,22H,13-14H2,1-2H3/t15-,20+,22-,24+/m1/s1. The van der Waals surface area contributed by atoms with Crippen LogP contribution < -0.4 is 0 Å². The average molecular weight is 474 g/mol. The van der Waals surface area contributed by atoms with Crippen LogP contribution in [0.5, 0.6) is 0 Å². The van der Waals surface area contributed by atoms with Crippen molar-refractivity contribution in [3.63, 3.8) is 0 Å². The molecule has 32 heavy (non-hydrogen) atoms. The average Bonchev–Trinajstić information content (AvgIpc) is 3.12. The van der Waals surface area contributed by atoms with Crippen LogP contribution in [0.15, 0.2) is 60.7 Å². The van der Waals surface area contributed by atoms with Crippen LogP contribution in [-0.4, -0.2) is 51.4 Å². The van der Waals surface area contributed by atoms with Gasteiger partial charge in [0.2, 0.25) is 5.91 Å². The lowest BCUT2D eigenvalue weighted by molar-refractivity contribution is -0.169. The number of fused-ring (bicyclic) bond motifs is 1. The Hall–Kier alpha value is -2.51. The van der Waals surface area contributed by atoms with Gasteiger partial charge >= 0.3 is 11.9 Å². The minimum atomic E-state index is -0.876. The van der Waals surface area contributed by atoms with Gasteiger partial charge in [-0.05, 0) is 18.1 Å². The van der Waals surface area contributed by atoms with Gasteiger partial charge in [-0.2, -0.15) is 0 Å². The molecule has 4 rings (SSSR count). The highest BCUT2D eigenvalue weighted by molar-refractivity contribution is 8.01. The number of amides is 1. The number of hydrogen-bond donors (Lipinski definition) is 0. The van der Waals surface area contributed by atoms with E-state index in [9.17, 15) is 14.4 Å². The molecule has 6 nitrogen and oxygen atoms in total. The molecule has 2 fully saturated rings. The fraction of sp³-hybridized carbons (Fsp3) is 0.375. The minimum absolute atomic E-state index is 0.0443. The zero-order valence-corrected chi connectivity index (χ0v) is 19.3. The minimum Gasteiger partial charge on any atom is -0.463 e. The number of ether oxygens (including phenoxy) is 2. The number of carbonyl (C=O) groups is 3. The van der Waals surface area contributed by atoms with Crippen molar-refractivity contribution in [3.05, 3.63) is 71.8 Å². The van der Waals surface area contributed by atoms with Gasteiger partial charge in [-0.15, -0.1) is 23.4 Å². The third kappa shape index (κ3) is 4.11. The third-order valence-electron chi connectivity index (χ3n) is 5.88. The van der Waals surface area contributed by atoms with E-state index < -0.39 is 28.8 Å². The van der Waals surface area contributed by atoms with Gasteiger partial charge in [-0.25, -0.2) is 4.79 Å². The van der Waals surface area contributed by atoms with Gasteiger partial charge in [-0.1, -0.05) is 67.6 Å². The molecule has 0 bridgehead atoms. The summed E-state index contributed by atoms with van der Waals surface area (Å²) >= 11 is 7.03. The number of β-lactam (4-membered cyclic amide) rings is 1. The fourth-order valence-electron chi connectivity index (χ4n) is 4.21. The Kier molecular flexibility index (Phi) is 6.49. The summed E-state index contributed by atoms with van der Waals surface area (Å²) in [7, 11) is 0. The van der Waals surface area contributed by atoms with Gasteiger partial charge in [0.05, 0.1) is 16.0 Å². The molecule has 0 radical (unpaired) electrons. The van der Waals surface area contributed by atoms with Gasteiger partial charge in [-0.3, -0.25) is 9.59 Å². The number of rotatable bonds is 7. The van der Waals surface area contributed by atoms with E-state index in [1.165, 1.54) is 11.8 Å². The molecule has 2 aromatic rings. The first-order valence-electron chi connectivity index (χ1n) is 10.4. The van der Waals surface area contributed by atoms with Crippen LogP contribution in [0.2, 0.25) is 0 Å². The number of alkyl halides is 1. The maximum atomic E-state index is 13.6. The van der Waals surface area contributed by atoms with E-state index in [-0.39, 0.29) is 29.7 Å². The van der Waals surface area contributed by atoms with Gasteiger partial charge in [0.1, 0.15) is 18.5 Å². The maximum absolute atomic E-state index is 13.6. The van der Waals surface area contributed by atoms with Gasteiger partial charge in [0.15, 0.2) is 6.10 Å². The van der Waals surface area contributed by atoms with E-state index in [0.29, 0.717) is 0 Å². The first-order chi connectivity index (χ1) is 15.4. The summed E-state index contributed by atoms with van der Waals surface area (Å²) in [6, 6.07) is 18.1. The van der Waals surface area contributed by atoms with Crippen LogP contribution in [0.25, 0.3) is 0 Å². The molecular formula is C24H24ClNO5S. The molecular weight excluding hydrogens is 450 g/mol. The van der Waals surface area contributed by atoms with Crippen molar-refractivity contribution in [1.82, 2.24) is 4.90 Å². The second kappa shape index (κ2) is 9.16. The summed E-state index contributed by atoms with van der Waals surface area (Å²) in [5, 5.41) is -0.161. The van der Waals surface area contributed by atoms with Crippen molar-refractivity contribution in [2.24, 2.45) is 5.92 Å². The molecule has 0 unspecified atom stereocenters. The van der Waals surface area contributed by atoms with E-state index in [4.69, 9.17) is 21.1 Å². The summed E-state index contributed by atoms with van der Waals surface area (Å²) in [6.45, 7) is 3.62. The molecule has 0 N–H and O–H groups in total. The Morgan fingerprint density at radius 1 is 1.09 bits per heavy atom. The largest absolute Gasteiger partial charge is 0.463 e. The van der Waals surface area contributed by atoms with Crippen LogP contribution in [-0.2, 0) is 23.9 Å². The first kappa shape index (κ1) is 22.7. The van der Waals surface area contributed by atoms with Crippen molar-refractivity contribution in [1.29, 1.82) is 0 Å². The number of nitrogens with zero attached hydrogens (tertiary/aromatic N) is 1. The number of benzene rings is 2. The van der Waals surface area contributed by atoms with E-state index >= 15 is 0 Å². The van der Waals surface area contributed by atoms with Gasteiger partial charge < -0.3 is 14.4 Å². The number of halogens is 1. The Bertz CT molecular complexity index is 964. The van der Waals surface area contributed by atoms with Crippen LogP contribution in [0, 0.1) is 5.92 Å². The monoisotopic (exact) mass is 473 g/mol. The van der Waals surface area contributed by atoms with Crippen LogP contribution in [0.4, 0.5) is 0 Å². The van der Waals surface area contributed by atoms with Crippen molar-refractivity contribution in [2.45, 2.75) is 36.1 Å². The number of esters is 2. The molecule has 8 heteroatoms. The zero-order chi connectivity index (χ0) is 22.9. The molecule has 2 aliphatic heterocycles. The predicted octanol–water partition coefficient (Wildman–Crippen LogP) is 3.78. The second-order valence-electron chi connectivity index (χ2n) is 8.19. The Morgan fingerprint density at radius 2 is 1.66 bits per heavy atom. The molecule has 0 spiro atoms. The summed E-state index contributed by atoms with van der Waals surface area (Å²) in [4.78, 5) is 39.5. The highest BCUT2D eigenvalue weighted by Crippen LogP contribution is 2.54. The molecule has 2 aromatic carbocycles. The Labute approximate surface area is 196 Å². The summed E-state index contributed by atoms with van der Waals surface area (Å²) in [5.74, 6) is -1.68. The van der Waals surface area contributed by atoms with Crippen LogP contribution in [0.3, 0.4) is 0 Å². The molecule has 1 amide bonds. The lowest BCUT2D eigenvalue weighted by atomic mass is 9.92. The zero-order valence-electron chi connectivity index (χ0n) is 17.8. The third-order valence-corrected chi connectivity index (χ3v) is 7.86. The molecule has 2 heterocycles. The Morgan fingerprint density at radius 3 is 2.19 bits per heavy atom. The van der Waals surface area contributed by atoms with Crippen molar-refractivity contribution in [2.75, 3.05) is 12.5 Å². The normalized spacial score (nSPS) is 26.4. The number of hydrogen-bond acceptors (Lipinski definition) is 6.